The van der Waals surface area contributed by atoms with Crippen LogP contribution in [-0.2, 0) is 0 Å². The van der Waals surface area contributed by atoms with Gasteiger partial charge >= 0.3 is 0 Å². The Bertz CT molecular complexity index is 958. The summed E-state index contributed by atoms with van der Waals surface area (Å²) in [6, 6.07) is 9.60. The molecular weight excluding hydrogens is 396 g/mol. The van der Waals surface area contributed by atoms with E-state index in [1.807, 2.05) is 13.0 Å². The zero-order valence-corrected chi connectivity index (χ0v) is 17.9. The van der Waals surface area contributed by atoms with Crippen molar-refractivity contribution < 1.29 is 25.2 Å². The molecule has 31 heavy (non-hydrogen) atoms. The SMILES string of the molecule is CC1CC(c2cc(C(O)N3CCCC3C)ccc2O)CN1C(=O)c1c(O)cccc1O. The summed E-state index contributed by atoms with van der Waals surface area (Å²) in [7, 11) is 0. The molecule has 0 aliphatic carbocycles. The third-order valence-corrected chi connectivity index (χ3v) is 6.78. The highest BCUT2D eigenvalue weighted by Crippen LogP contribution is 2.40. The van der Waals surface area contributed by atoms with Crippen molar-refractivity contribution >= 4 is 5.91 Å². The normalized spacial score (nSPS) is 25.1. The van der Waals surface area contributed by atoms with E-state index in [0.29, 0.717) is 24.6 Å². The van der Waals surface area contributed by atoms with E-state index in [4.69, 9.17) is 0 Å². The third-order valence-electron chi connectivity index (χ3n) is 6.78. The van der Waals surface area contributed by atoms with Crippen molar-refractivity contribution in [1.82, 2.24) is 9.80 Å². The van der Waals surface area contributed by atoms with Gasteiger partial charge in [0.15, 0.2) is 0 Å². The Morgan fingerprint density at radius 1 is 1.03 bits per heavy atom. The standard InChI is InChI=1S/C24H30N2O5/c1-14-5-4-10-25(14)23(30)16-8-9-19(27)18(12-16)17-11-15(2)26(13-17)24(31)22-20(28)6-3-7-21(22)29/h3,6-9,12,14-15,17,23,27-30H,4-5,10-11,13H2,1-2H3. The van der Waals surface area contributed by atoms with Gasteiger partial charge in [-0.3, -0.25) is 9.69 Å². The molecule has 4 unspecified atom stereocenters. The minimum absolute atomic E-state index is 0.105. The number of aliphatic hydroxyl groups excluding tert-OH is 1. The van der Waals surface area contributed by atoms with Crippen molar-refractivity contribution in [2.75, 3.05) is 13.1 Å². The summed E-state index contributed by atoms with van der Waals surface area (Å²) >= 11 is 0. The van der Waals surface area contributed by atoms with Gasteiger partial charge in [-0.15, -0.1) is 0 Å². The minimum Gasteiger partial charge on any atom is -0.508 e. The van der Waals surface area contributed by atoms with Gasteiger partial charge in [-0.05, 0) is 68.5 Å². The Morgan fingerprint density at radius 2 is 1.74 bits per heavy atom. The molecule has 4 atom stereocenters. The Balaban J connectivity index is 1.57. The first-order valence-electron chi connectivity index (χ1n) is 10.9. The Hall–Kier alpha value is -2.77. The molecule has 0 radical (unpaired) electrons. The zero-order valence-electron chi connectivity index (χ0n) is 17.9. The zero-order chi connectivity index (χ0) is 22.3. The van der Waals surface area contributed by atoms with Crippen molar-refractivity contribution in [3.8, 4) is 17.2 Å². The Morgan fingerprint density at radius 3 is 2.39 bits per heavy atom. The smallest absolute Gasteiger partial charge is 0.261 e. The molecule has 0 aromatic heterocycles. The molecule has 2 aromatic rings. The van der Waals surface area contributed by atoms with Gasteiger partial charge in [0.05, 0.1) is 0 Å². The Labute approximate surface area is 182 Å². The molecule has 2 aliphatic heterocycles. The molecule has 2 saturated heterocycles. The number of carbonyl (C=O) groups excluding carboxylic acids is 1. The summed E-state index contributed by atoms with van der Waals surface area (Å²) in [4.78, 5) is 16.7. The maximum absolute atomic E-state index is 13.0. The summed E-state index contributed by atoms with van der Waals surface area (Å²) in [6.07, 6.45) is 2.01. The van der Waals surface area contributed by atoms with Gasteiger partial charge in [-0.25, -0.2) is 0 Å². The second kappa shape index (κ2) is 8.40. The number of hydrogen-bond acceptors (Lipinski definition) is 6. The van der Waals surface area contributed by atoms with Crippen LogP contribution >= 0.6 is 0 Å². The molecule has 0 bridgehead atoms. The molecular formula is C24H30N2O5. The minimum atomic E-state index is -0.730. The van der Waals surface area contributed by atoms with Gasteiger partial charge in [-0.1, -0.05) is 12.1 Å². The molecule has 0 spiro atoms. The number of nitrogens with zero attached hydrogens (tertiary/aromatic N) is 2. The van der Waals surface area contributed by atoms with Crippen LogP contribution < -0.4 is 0 Å². The molecule has 4 rings (SSSR count). The highest BCUT2D eigenvalue weighted by Gasteiger charge is 2.37. The molecule has 4 N–H and O–H groups in total. The highest BCUT2D eigenvalue weighted by atomic mass is 16.3. The third kappa shape index (κ3) is 3.95. The van der Waals surface area contributed by atoms with Crippen LogP contribution in [0.2, 0.25) is 0 Å². The predicted molar refractivity (Wildman–Crippen MR) is 116 cm³/mol. The molecule has 166 valence electrons. The van der Waals surface area contributed by atoms with E-state index in [-0.39, 0.29) is 34.8 Å². The fraction of sp³-hybridized carbons (Fsp3) is 0.458. The average molecular weight is 427 g/mol. The largest absolute Gasteiger partial charge is 0.508 e. The number of phenols is 3. The number of benzene rings is 2. The second-order valence-electron chi connectivity index (χ2n) is 8.83. The molecule has 2 aromatic carbocycles. The van der Waals surface area contributed by atoms with Gasteiger partial charge in [0.25, 0.3) is 5.91 Å². The van der Waals surface area contributed by atoms with E-state index in [1.165, 1.54) is 18.2 Å². The van der Waals surface area contributed by atoms with E-state index < -0.39 is 12.1 Å². The molecule has 2 fully saturated rings. The number of phenolic OH excluding ortho intramolecular Hbond substituents is 3. The molecule has 2 heterocycles. The summed E-state index contributed by atoms with van der Waals surface area (Å²) in [5.41, 5.74) is 1.33. The van der Waals surface area contributed by atoms with E-state index in [1.54, 1.807) is 17.0 Å². The summed E-state index contributed by atoms with van der Waals surface area (Å²) < 4.78 is 0. The average Bonchev–Trinajstić information content (AvgIpc) is 3.33. The van der Waals surface area contributed by atoms with Crippen LogP contribution in [0.3, 0.4) is 0 Å². The van der Waals surface area contributed by atoms with E-state index in [0.717, 1.165) is 24.9 Å². The monoisotopic (exact) mass is 426 g/mol. The first kappa shape index (κ1) is 21.5. The second-order valence-corrected chi connectivity index (χ2v) is 8.83. The van der Waals surface area contributed by atoms with Crippen LogP contribution in [0.4, 0.5) is 0 Å². The van der Waals surface area contributed by atoms with Crippen LogP contribution in [-0.4, -0.2) is 61.3 Å². The lowest BCUT2D eigenvalue weighted by atomic mass is 9.93. The van der Waals surface area contributed by atoms with Crippen LogP contribution in [0, 0.1) is 0 Å². The van der Waals surface area contributed by atoms with Crippen LogP contribution in [0.1, 0.15) is 66.7 Å². The van der Waals surface area contributed by atoms with Crippen LogP contribution in [0.15, 0.2) is 36.4 Å². The first-order chi connectivity index (χ1) is 14.8. The van der Waals surface area contributed by atoms with E-state index >= 15 is 0 Å². The van der Waals surface area contributed by atoms with Crippen molar-refractivity contribution in [1.29, 1.82) is 0 Å². The maximum Gasteiger partial charge on any atom is 0.261 e. The van der Waals surface area contributed by atoms with E-state index in [2.05, 4.69) is 11.8 Å². The lowest BCUT2D eigenvalue weighted by Gasteiger charge is -2.28. The topological polar surface area (TPSA) is 104 Å². The van der Waals surface area contributed by atoms with Crippen LogP contribution in [0.25, 0.3) is 0 Å². The van der Waals surface area contributed by atoms with Gasteiger partial charge in [0.1, 0.15) is 29.0 Å². The molecule has 7 nitrogen and oxygen atoms in total. The van der Waals surface area contributed by atoms with Gasteiger partial charge in [0, 0.05) is 31.1 Å². The number of amides is 1. The first-order valence-corrected chi connectivity index (χ1v) is 10.9. The van der Waals surface area contributed by atoms with Gasteiger partial charge in [0.2, 0.25) is 0 Å². The van der Waals surface area contributed by atoms with Crippen molar-refractivity contribution in [3.05, 3.63) is 53.1 Å². The van der Waals surface area contributed by atoms with Crippen molar-refractivity contribution in [3.63, 3.8) is 0 Å². The number of aliphatic hydroxyl groups is 1. The lowest BCUT2D eigenvalue weighted by Crippen LogP contribution is -2.34. The predicted octanol–water partition coefficient (Wildman–Crippen LogP) is 3.30. The van der Waals surface area contributed by atoms with Crippen molar-refractivity contribution in [2.45, 2.75) is 57.3 Å². The summed E-state index contributed by atoms with van der Waals surface area (Å²) in [5, 5.41) is 41.6. The lowest BCUT2D eigenvalue weighted by molar-refractivity contribution is -0.00289. The molecule has 2 aliphatic rings. The number of carbonyl (C=O) groups is 1. The quantitative estimate of drug-likeness (QED) is 0.598. The van der Waals surface area contributed by atoms with Crippen molar-refractivity contribution in [2.24, 2.45) is 0 Å². The van der Waals surface area contributed by atoms with Gasteiger partial charge in [-0.2, -0.15) is 0 Å². The number of hydrogen-bond donors (Lipinski definition) is 4. The molecule has 1 amide bonds. The van der Waals surface area contributed by atoms with Gasteiger partial charge < -0.3 is 25.3 Å². The fourth-order valence-corrected chi connectivity index (χ4v) is 5.00. The number of aromatic hydroxyl groups is 3. The molecule has 7 heteroatoms. The summed E-state index contributed by atoms with van der Waals surface area (Å²) in [5.74, 6) is -0.925. The Kier molecular flexibility index (Phi) is 5.81. The number of likely N-dealkylation sites (tertiary alicyclic amines) is 2. The maximum atomic E-state index is 13.0. The molecule has 0 saturated carbocycles. The number of rotatable bonds is 4. The van der Waals surface area contributed by atoms with Crippen LogP contribution in [0.5, 0.6) is 17.2 Å². The summed E-state index contributed by atoms with van der Waals surface area (Å²) in [6.45, 7) is 5.21. The fourth-order valence-electron chi connectivity index (χ4n) is 5.00. The van der Waals surface area contributed by atoms with E-state index in [9.17, 15) is 25.2 Å². The highest BCUT2D eigenvalue weighted by molar-refractivity contribution is 5.99.